The minimum atomic E-state index is -0.635. The highest BCUT2D eigenvalue weighted by molar-refractivity contribution is 7.22. The number of pyridine rings is 1. The van der Waals surface area contributed by atoms with E-state index in [9.17, 15) is 9.18 Å². The molecule has 5 N–H and O–H groups in total. The number of carbonyl (C=O) groups is 1. The van der Waals surface area contributed by atoms with Crippen molar-refractivity contribution in [3.8, 4) is 0 Å². The molecule has 190 valence electrons. The summed E-state index contributed by atoms with van der Waals surface area (Å²) in [5.74, 6) is 10.8. The molecule has 0 spiro atoms. The molecule has 1 aromatic carbocycles. The first-order chi connectivity index (χ1) is 17.3. The molecule has 1 amide bonds. The highest BCUT2D eigenvalue weighted by atomic mass is 32.1. The third-order valence-corrected chi connectivity index (χ3v) is 7.58. The van der Waals surface area contributed by atoms with Crippen molar-refractivity contribution < 1.29 is 9.18 Å². The first kappa shape index (κ1) is 24.3. The van der Waals surface area contributed by atoms with Crippen LogP contribution in [0, 0.1) is 5.82 Å². The van der Waals surface area contributed by atoms with Crippen molar-refractivity contribution in [3.63, 3.8) is 0 Å². The van der Waals surface area contributed by atoms with Crippen LogP contribution in [0.15, 0.2) is 35.4 Å². The molecule has 1 aliphatic heterocycles. The average Bonchev–Trinajstić information content (AvgIpc) is 3.64. The average molecular weight is 512 g/mol. The molecule has 0 unspecified atom stereocenters. The Kier molecular flexibility index (Phi) is 6.73. The zero-order valence-electron chi connectivity index (χ0n) is 20.3. The van der Waals surface area contributed by atoms with Crippen LogP contribution in [-0.4, -0.2) is 69.9 Å². The predicted molar refractivity (Wildman–Crippen MR) is 140 cm³/mol. The lowest BCUT2D eigenvalue weighted by Crippen LogP contribution is -2.47. The number of halogens is 1. The Morgan fingerprint density at radius 1 is 1.22 bits per heavy atom. The van der Waals surface area contributed by atoms with Gasteiger partial charge in [-0.2, -0.15) is 5.10 Å². The fourth-order valence-corrected chi connectivity index (χ4v) is 5.32. The largest absolute Gasteiger partial charge is 0.345 e. The summed E-state index contributed by atoms with van der Waals surface area (Å²) in [5.41, 5.74) is 0.865. The number of rotatable bonds is 6. The van der Waals surface area contributed by atoms with E-state index in [1.165, 1.54) is 35.3 Å². The highest BCUT2D eigenvalue weighted by Crippen LogP contribution is 2.33. The third kappa shape index (κ3) is 4.97. The molecule has 0 atom stereocenters. The number of carbonyl (C=O) groups excluding carboxylic acids is 1. The van der Waals surface area contributed by atoms with E-state index in [1.807, 2.05) is 13.8 Å². The van der Waals surface area contributed by atoms with Gasteiger partial charge >= 0.3 is 0 Å². The van der Waals surface area contributed by atoms with Gasteiger partial charge < -0.3 is 16.1 Å². The molecule has 1 saturated carbocycles. The van der Waals surface area contributed by atoms with Crippen molar-refractivity contribution in [2.75, 3.05) is 36.4 Å². The fraction of sp³-hybridized carbons (Fsp3) is 0.417. The Morgan fingerprint density at radius 3 is 2.64 bits per heavy atom. The number of aromatic nitrogens is 2. The van der Waals surface area contributed by atoms with Gasteiger partial charge in [-0.3, -0.25) is 14.7 Å². The molecule has 5 rings (SSSR count). The molecule has 2 aliphatic rings. The summed E-state index contributed by atoms with van der Waals surface area (Å²) in [5, 5.41) is 8.64. The smallest absolute Gasteiger partial charge is 0.259 e. The van der Waals surface area contributed by atoms with Gasteiger partial charge in [-0.15, -0.1) is 0 Å². The molecule has 3 heterocycles. The number of hydrazone groups is 1. The van der Waals surface area contributed by atoms with E-state index in [2.05, 4.69) is 30.2 Å². The molecule has 1 aliphatic carbocycles. The first-order valence-electron chi connectivity index (χ1n) is 12.0. The Labute approximate surface area is 212 Å². The minimum Gasteiger partial charge on any atom is -0.345 e. The van der Waals surface area contributed by atoms with E-state index >= 15 is 0 Å². The van der Waals surface area contributed by atoms with Gasteiger partial charge in [-0.25, -0.2) is 20.2 Å². The Morgan fingerprint density at radius 2 is 1.97 bits per heavy atom. The number of anilines is 2. The van der Waals surface area contributed by atoms with E-state index < -0.39 is 11.7 Å². The quantitative estimate of drug-likeness (QED) is 0.199. The number of nitrogens with one attached hydrogen (secondary N) is 1. The molecule has 0 radical (unpaired) electrons. The SMILES string of the molecule is CC(C)N(N)/C(=N\N)c1cccc(NC(=O)c2cc3sc(N4CCN(C5CC5)CC4)nc3cc2F)n1. The van der Waals surface area contributed by atoms with Gasteiger partial charge in [-0.1, -0.05) is 17.4 Å². The summed E-state index contributed by atoms with van der Waals surface area (Å²) in [4.78, 5) is 26.8. The van der Waals surface area contributed by atoms with Crippen LogP contribution in [0.3, 0.4) is 0 Å². The zero-order valence-corrected chi connectivity index (χ0v) is 21.1. The van der Waals surface area contributed by atoms with Crippen LogP contribution in [-0.2, 0) is 0 Å². The molecule has 0 bridgehead atoms. The molecule has 3 aromatic rings. The van der Waals surface area contributed by atoms with Crippen molar-refractivity contribution in [2.45, 2.75) is 38.8 Å². The summed E-state index contributed by atoms with van der Waals surface area (Å²) in [6.45, 7) is 7.61. The van der Waals surface area contributed by atoms with E-state index in [1.54, 1.807) is 24.3 Å². The summed E-state index contributed by atoms with van der Waals surface area (Å²) >= 11 is 1.48. The lowest BCUT2D eigenvalue weighted by molar-refractivity contribution is 0.102. The lowest BCUT2D eigenvalue weighted by atomic mass is 10.2. The van der Waals surface area contributed by atoms with Crippen LogP contribution in [0.1, 0.15) is 42.7 Å². The molecule has 12 heteroatoms. The molecular weight excluding hydrogens is 481 g/mol. The van der Waals surface area contributed by atoms with Crippen LogP contribution < -0.4 is 21.9 Å². The molecule has 2 fully saturated rings. The van der Waals surface area contributed by atoms with Gasteiger partial charge in [-0.05, 0) is 44.9 Å². The lowest BCUT2D eigenvalue weighted by Gasteiger charge is -2.34. The van der Waals surface area contributed by atoms with Gasteiger partial charge in [0.2, 0.25) is 0 Å². The number of hydrazine groups is 1. The number of hydrogen-bond acceptors (Lipinski definition) is 9. The van der Waals surface area contributed by atoms with Gasteiger partial charge in [0.1, 0.15) is 17.3 Å². The van der Waals surface area contributed by atoms with Crippen LogP contribution >= 0.6 is 11.3 Å². The monoisotopic (exact) mass is 511 g/mol. The van der Waals surface area contributed by atoms with Crippen molar-refractivity contribution in [3.05, 3.63) is 47.4 Å². The van der Waals surface area contributed by atoms with E-state index in [4.69, 9.17) is 11.7 Å². The molecule has 1 saturated heterocycles. The number of hydrogen-bond donors (Lipinski definition) is 3. The summed E-state index contributed by atoms with van der Waals surface area (Å²) in [7, 11) is 0. The number of nitrogens with two attached hydrogens (primary N) is 2. The number of benzene rings is 1. The summed E-state index contributed by atoms with van der Waals surface area (Å²) < 4.78 is 15.7. The second kappa shape index (κ2) is 9.96. The zero-order chi connectivity index (χ0) is 25.4. The predicted octanol–water partition coefficient (Wildman–Crippen LogP) is 2.57. The van der Waals surface area contributed by atoms with Crippen molar-refractivity contribution in [1.29, 1.82) is 0 Å². The fourth-order valence-electron chi connectivity index (χ4n) is 4.29. The van der Waals surface area contributed by atoms with Gasteiger partial charge in [0.15, 0.2) is 11.0 Å². The maximum atomic E-state index is 14.9. The third-order valence-electron chi connectivity index (χ3n) is 6.50. The van der Waals surface area contributed by atoms with E-state index in [-0.39, 0.29) is 23.3 Å². The normalized spacial score (nSPS) is 17.1. The summed E-state index contributed by atoms with van der Waals surface area (Å²) in [6.07, 6.45) is 2.60. The number of fused-ring (bicyclic) bond motifs is 1. The Hall–Kier alpha value is -3.35. The maximum Gasteiger partial charge on any atom is 0.259 e. The number of amidine groups is 1. The van der Waals surface area contributed by atoms with Crippen molar-refractivity contribution in [2.24, 2.45) is 16.8 Å². The number of piperazine rings is 1. The summed E-state index contributed by atoms with van der Waals surface area (Å²) in [6, 6.07) is 8.54. The second-order valence-electron chi connectivity index (χ2n) is 9.37. The number of amides is 1. The molecule has 10 nitrogen and oxygen atoms in total. The standard InChI is InChI=1S/C24H30FN9OS/c1-14(2)34(27)22(31-26)18-4-3-5-21(28-18)30-23(35)16-12-20-19(13-17(16)25)29-24(36-20)33-10-8-32(9-11-33)15-6-7-15/h3-5,12-15H,6-11,26-27H2,1-2H3,(H,28,30,35)/b31-22-. The topological polar surface area (TPSA) is 129 Å². The first-order valence-corrected chi connectivity index (χ1v) is 12.9. The van der Waals surface area contributed by atoms with Gasteiger partial charge in [0.25, 0.3) is 5.91 Å². The van der Waals surface area contributed by atoms with Gasteiger partial charge in [0.05, 0.1) is 15.8 Å². The second-order valence-corrected chi connectivity index (χ2v) is 10.4. The van der Waals surface area contributed by atoms with Crippen molar-refractivity contribution >= 4 is 44.2 Å². The minimum absolute atomic E-state index is 0.0699. The van der Waals surface area contributed by atoms with E-state index in [0.717, 1.165) is 42.1 Å². The number of thiazole rings is 1. The maximum absolute atomic E-state index is 14.9. The van der Waals surface area contributed by atoms with Crippen LogP contribution in [0.25, 0.3) is 10.2 Å². The Balaban J connectivity index is 1.32. The van der Waals surface area contributed by atoms with E-state index in [0.29, 0.717) is 11.2 Å². The highest BCUT2D eigenvalue weighted by Gasteiger charge is 2.32. The van der Waals surface area contributed by atoms with Crippen molar-refractivity contribution in [1.82, 2.24) is 19.9 Å². The molecule has 36 heavy (non-hydrogen) atoms. The molecular formula is C24H30FN9OS. The van der Waals surface area contributed by atoms with Crippen LogP contribution in [0.2, 0.25) is 0 Å². The van der Waals surface area contributed by atoms with Gasteiger partial charge in [0, 0.05) is 44.3 Å². The Bertz CT molecular complexity index is 1300. The molecule has 2 aromatic heterocycles. The number of nitrogens with zero attached hydrogens (tertiary/aromatic N) is 6. The van der Waals surface area contributed by atoms with Crippen LogP contribution in [0.4, 0.5) is 15.3 Å². The van der Waals surface area contributed by atoms with Crippen LogP contribution in [0.5, 0.6) is 0 Å².